The summed E-state index contributed by atoms with van der Waals surface area (Å²) in [6.45, 7) is 7.68. The number of hydrogen-bond acceptors (Lipinski definition) is 5. The number of amides is 3. The molecule has 0 unspecified atom stereocenters. The van der Waals surface area contributed by atoms with Crippen LogP contribution in [0, 0.1) is 13.8 Å². The van der Waals surface area contributed by atoms with Crippen LogP contribution in [-0.4, -0.2) is 27.4 Å². The van der Waals surface area contributed by atoms with Crippen molar-refractivity contribution < 1.29 is 22.6 Å². The Balaban J connectivity index is 1.54. The van der Waals surface area contributed by atoms with Gasteiger partial charge in [-0.15, -0.1) is 0 Å². The molecule has 0 spiro atoms. The van der Waals surface area contributed by atoms with Crippen LogP contribution in [-0.2, 0) is 27.8 Å². The van der Waals surface area contributed by atoms with E-state index in [1.165, 1.54) is 59.9 Å². The van der Waals surface area contributed by atoms with Gasteiger partial charge in [-0.3, -0.25) is 20.4 Å². The van der Waals surface area contributed by atoms with Gasteiger partial charge in [0.05, 0.1) is 10.7 Å². The number of hydrogen-bond donors (Lipinski definition) is 5. The number of aryl methyl sites for hydroxylation is 3. The normalized spacial score (nSPS) is 11.0. The van der Waals surface area contributed by atoms with Crippen LogP contribution < -0.4 is 30.8 Å². The highest BCUT2D eigenvalue weighted by Gasteiger charge is 2.19. The number of urea groups is 1. The Morgan fingerprint density at radius 3 is 2.27 bits per heavy atom. The van der Waals surface area contributed by atoms with Gasteiger partial charge >= 0.3 is 6.03 Å². The van der Waals surface area contributed by atoms with E-state index in [4.69, 9.17) is 11.6 Å². The summed E-state index contributed by atoms with van der Waals surface area (Å²) in [5.41, 5.74) is 10.0. The molecule has 40 heavy (non-hydrogen) atoms. The Bertz CT molecular complexity index is 1410. The van der Waals surface area contributed by atoms with Gasteiger partial charge in [-0.05, 0) is 74.7 Å². The smallest absolute Gasteiger partial charge is 0.319 e. The molecule has 0 aliphatic heterocycles. The number of nitrogens with zero attached hydrogens (tertiary/aromatic N) is 1. The van der Waals surface area contributed by atoms with Crippen molar-refractivity contribution in [2.45, 2.75) is 57.9 Å². The lowest BCUT2D eigenvalue weighted by Gasteiger charge is -2.13. The molecule has 5 N–H and O–H groups in total. The van der Waals surface area contributed by atoms with Gasteiger partial charge in [0.25, 0.3) is 10.0 Å². The number of nitrogens with one attached hydrogen (secondary N) is 5. The number of aromatic nitrogens is 1. The summed E-state index contributed by atoms with van der Waals surface area (Å²) in [4.78, 5) is 22.7. The number of carbonyl (C=O) groups excluding carboxylic acids is 2. The number of sulfonamides is 1. The highest BCUT2D eigenvalue weighted by molar-refractivity contribution is 7.92. The first kappa shape index (κ1) is 30.7. The first-order valence-corrected chi connectivity index (χ1v) is 14.9. The minimum absolute atomic E-state index is 0.00949. The van der Waals surface area contributed by atoms with Gasteiger partial charge in [0.2, 0.25) is 6.41 Å². The lowest BCUT2D eigenvalue weighted by Crippen LogP contribution is -2.37. The molecule has 1 aromatic heterocycles. The standard InChI is InChI=1S/C28H35ClN6O4S/c1-4-5-7-25-20(2)17-35(18-21(25)3)15-6-14-30-28(37)32-24-12-13-26(29)27(16-24)40(38,39)34-23-10-8-22(9-11-23)33-31-19-36/h8-13,16-19,33-34H,4-7,14-15H2,1-3H3,(H2-,30,31,32,36,37)/p+1. The second-order valence-corrected chi connectivity index (χ2v) is 11.5. The van der Waals surface area contributed by atoms with Crippen LogP contribution in [0.4, 0.5) is 21.9 Å². The molecule has 1 heterocycles. The predicted octanol–water partition coefficient (Wildman–Crippen LogP) is 4.67. The zero-order chi connectivity index (χ0) is 29.1. The number of halogens is 1. The molecule has 3 aromatic rings. The molecule has 3 rings (SSSR count). The summed E-state index contributed by atoms with van der Waals surface area (Å²) in [6.07, 6.45) is 8.95. The zero-order valence-electron chi connectivity index (χ0n) is 22.9. The van der Waals surface area contributed by atoms with Crippen molar-refractivity contribution in [1.82, 2.24) is 10.7 Å². The maximum absolute atomic E-state index is 13.0. The van der Waals surface area contributed by atoms with Crippen molar-refractivity contribution in [2.24, 2.45) is 0 Å². The van der Waals surface area contributed by atoms with Crippen molar-refractivity contribution in [3.63, 3.8) is 0 Å². The zero-order valence-corrected chi connectivity index (χ0v) is 24.5. The number of rotatable bonds is 14. The van der Waals surface area contributed by atoms with Gasteiger partial charge in [-0.25, -0.2) is 17.8 Å². The van der Waals surface area contributed by atoms with E-state index in [1.807, 2.05) is 0 Å². The molecule has 0 aliphatic carbocycles. The monoisotopic (exact) mass is 587 g/mol. The van der Waals surface area contributed by atoms with Gasteiger partial charge in [0.15, 0.2) is 12.4 Å². The van der Waals surface area contributed by atoms with Crippen molar-refractivity contribution in [2.75, 3.05) is 22.0 Å². The maximum atomic E-state index is 13.0. The van der Waals surface area contributed by atoms with Crippen LogP contribution in [0.15, 0.2) is 59.8 Å². The van der Waals surface area contributed by atoms with Gasteiger partial charge in [-0.2, -0.15) is 0 Å². The molecule has 2 aromatic carbocycles. The third-order valence-corrected chi connectivity index (χ3v) is 8.08. The van der Waals surface area contributed by atoms with Crippen LogP contribution in [0.5, 0.6) is 0 Å². The fraction of sp³-hybridized carbons (Fsp3) is 0.321. The van der Waals surface area contributed by atoms with E-state index in [0.29, 0.717) is 24.3 Å². The number of anilines is 3. The number of benzene rings is 2. The van der Waals surface area contributed by atoms with E-state index >= 15 is 0 Å². The molecule has 12 heteroatoms. The molecule has 0 saturated heterocycles. The average Bonchev–Trinajstić information content (AvgIpc) is 2.91. The van der Waals surface area contributed by atoms with E-state index in [9.17, 15) is 18.0 Å². The Hall–Kier alpha value is -3.83. The quantitative estimate of drug-likeness (QED) is 0.0809. The summed E-state index contributed by atoms with van der Waals surface area (Å²) >= 11 is 6.18. The molecule has 0 saturated carbocycles. The molecular formula is C28H36ClN6O4S+. The van der Waals surface area contributed by atoms with Crippen LogP contribution in [0.25, 0.3) is 0 Å². The van der Waals surface area contributed by atoms with E-state index < -0.39 is 16.1 Å². The van der Waals surface area contributed by atoms with Gasteiger partial charge in [0, 0.05) is 35.5 Å². The molecule has 0 atom stereocenters. The lowest BCUT2D eigenvalue weighted by molar-refractivity contribution is -0.697. The average molecular weight is 588 g/mol. The van der Waals surface area contributed by atoms with E-state index in [0.717, 1.165) is 19.4 Å². The lowest BCUT2D eigenvalue weighted by atomic mass is 10.0. The topological polar surface area (TPSA) is 132 Å². The minimum Gasteiger partial charge on any atom is -0.338 e. The Kier molecular flexibility index (Phi) is 11.2. The number of pyridine rings is 1. The number of hydrazine groups is 1. The van der Waals surface area contributed by atoms with Gasteiger partial charge in [0.1, 0.15) is 11.4 Å². The molecular weight excluding hydrogens is 552 g/mol. The molecule has 3 amide bonds. The van der Waals surface area contributed by atoms with Crippen LogP contribution >= 0.6 is 11.6 Å². The van der Waals surface area contributed by atoms with Crippen molar-refractivity contribution in [3.05, 3.63) is 76.6 Å². The van der Waals surface area contributed by atoms with E-state index in [2.05, 4.69) is 63.9 Å². The third-order valence-electron chi connectivity index (χ3n) is 6.22. The van der Waals surface area contributed by atoms with Crippen LogP contribution in [0.2, 0.25) is 5.02 Å². The Labute approximate surface area is 240 Å². The number of carbonyl (C=O) groups is 2. The summed E-state index contributed by atoms with van der Waals surface area (Å²) in [6, 6.07) is 10.0. The van der Waals surface area contributed by atoms with Gasteiger partial charge in [-0.1, -0.05) is 24.9 Å². The Morgan fingerprint density at radius 2 is 1.62 bits per heavy atom. The minimum atomic E-state index is -4.05. The summed E-state index contributed by atoms with van der Waals surface area (Å²) in [7, 11) is -4.05. The second-order valence-electron chi connectivity index (χ2n) is 9.39. The first-order valence-electron chi connectivity index (χ1n) is 13.0. The molecule has 0 aliphatic rings. The highest BCUT2D eigenvalue weighted by Crippen LogP contribution is 2.27. The SMILES string of the molecule is CCCCc1c(C)c[n+](CCCNC(=O)Nc2ccc(Cl)c(S(=O)(=O)Nc3ccc(NNC=O)cc3)c2)cc1C. The Morgan fingerprint density at radius 1 is 0.975 bits per heavy atom. The molecule has 0 bridgehead atoms. The fourth-order valence-corrected chi connectivity index (χ4v) is 5.83. The first-order chi connectivity index (χ1) is 19.1. The number of unbranched alkanes of at least 4 members (excludes halogenated alkanes) is 1. The maximum Gasteiger partial charge on any atom is 0.319 e. The van der Waals surface area contributed by atoms with Crippen molar-refractivity contribution in [1.29, 1.82) is 0 Å². The second kappa shape index (κ2) is 14.5. The van der Waals surface area contributed by atoms with Crippen molar-refractivity contribution in [3.8, 4) is 0 Å². The predicted molar refractivity (Wildman–Crippen MR) is 158 cm³/mol. The summed E-state index contributed by atoms with van der Waals surface area (Å²) < 4.78 is 30.6. The van der Waals surface area contributed by atoms with Crippen molar-refractivity contribution >= 4 is 51.1 Å². The third kappa shape index (κ3) is 8.85. The fourth-order valence-electron chi connectivity index (χ4n) is 4.25. The molecule has 214 valence electrons. The van der Waals surface area contributed by atoms with E-state index in [-0.39, 0.29) is 15.6 Å². The summed E-state index contributed by atoms with van der Waals surface area (Å²) in [5, 5.41) is 5.48. The summed E-state index contributed by atoms with van der Waals surface area (Å²) in [5.74, 6) is 0. The molecule has 10 nitrogen and oxygen atoms in total. The van der Waals surface area contributed by atoms with E-state index in [1.54, 1.807) is 12.1 Å². The molecule has 0 radical (unpaired) electrons. The largest absolute Gasteiger partial charge is 0.338 e. The highest BCUT2D eigenvalue weighted by atomic mass is 35.5. The van der Waals surface area contributed by atoms with Crippen LogP contribution in [0.3, 0.4) is 0 Å². The molecule has 0 fully saturated rings. The van der Waals surface area contributed by atoms with Gasteiger partial charge < -0.3 is 10.6 Å². The van der Waals surface area contributed by atoms with Crippen LogP contribution in [0.1, 0.15) is 42.9 Å².